The molecule has 2 heteroatoms. The largest absolute Gasteiger partial charge is 0.343 e. The van der Waals surface area contributed by atoms with Crippen molar-refractivity contribution in [3.8, 4) is 0 Å². The second-order valence-electron chi connectivity index (χ2n) is 3.07. The van der Waals surface area contributed by atoms with Crippen LogP contribution >= 0.6 is 0 Å². The Morgan fingerprint density at radius 3 is 2.18 bits per heavy atom. The van der Waals surface area contributed by atoms with Crippen molar-refractivity contribution in [1.82, 2.24) is 4.90 Å². The fourth-order valence-electron chi connectivity index (χ4n) is 1.06. The monoisotopic (exact) mass is 157 g/mol. The molecule has 0 heterocycles. The summed E-state index contributed by atoms with van der Waals surface area (Å²) in [7, 11) is 0. The van der Waals surface area contributed by atoms with Crippen molar-refractivity contribution in [2.24, 2.45) is 5.92 Å². The normalized spacial score (nSPS) is 10.3. The van der Waals surface area contributed by atoms with Gasteiger partial charge in [-0.2, -0.15) is 0 Å². The van der Waals surface area contributed by atoms with Gasteiger partial charge in [0, 0.05) is 19.0 Å². The molecule has 0 fully saturated rings. The molecule has 0 aromatic carbocycles. The van der Waals surface area contributed by atoms with E-state index in [4.69, 9.17) is 0 Å². The van der Waals surface area contributed by atoms with E-state index in [1.165, 1.54) is 0 Å². The van der Waals surface area contributed by atoms with Crippen LogP contribution in [0.25, 0.3) is 0 Å². The molecule has 0 bridgehead atoms. The molecule has 0 saturated heterocycles. The van der Waals surface area contributed by atoms with Gasteiger partial charge < -0.3 is 4.90 Å². The smallest absolute Gasteiger partial charge is 0.225 e. The van der Waals surface area contributed by atoms with E-state index in [-0.39, 0.29) is 11.8 Å². The Kier molecular flexibility index (Phi) is 4.92. The molecule has 0 aromatic rings. The highest BCUT2D eigenvalue weighted by Gasteiger charge is 2.13. The molecule has 11 heavy (non-hydrogen) atoms. The van der Waals surface area contributed by atoms with E-state index in [2.05, 4.69) is 6.92 Å². The van der Waals surface area contributed by atoms with Gasteiger partial charge >= 0.3 is 0 Å². The number of rotatable bonds is 4. The fourth-order valence-corrected chi connectivity index (χ4v) is 1.06. The summed E-state index contributed by atoms with van der Waals surface area (Å²) in [6.07, 6.45) is 1.05. The standard InChI is InChI=1S/C9H19NO/c1-5-7-10(6-2)9(11)8(3)4/h8H,5-7H2,1-4H3. The molecule has 0 aliphatic rings. The van der Waals surface area contributed by atoms with Crippen LogP contribution in [-0.2, 0) is 4.79 Å². The topological polar surface area (TPSA) is 20.3 Å². The summed E-state index contributed by atoms with van der Waals surface area (Å²) in [4.78, 5) is 13.3. The second-order valence-corrected chi connectivity index (χ2v) is 3.07. The molecule has 0 aromatic heterocycles. The van der Waals surface area contributed by atoms with Crippen LogP contribution in [0.3, 0.4) is 0 Å². The number of carbonyl (C=O) groups is 1. The lowest BCUT2D eigenvalue weighted by molar-refractivity contribution is -0.134. The zero-order valence-corrected chi connectivity index (χ0v) is 8.05. The van der Waals surface area contributed by atoms with Gasteiger partial charge in [-0.15, -0.1) is 0 Å². The van der Waals surface area contributed by atoms with Crippen molar-refractivity contribution in [3.63, 3.8) is 0 Å². The minimum atomic E-state index is 0.140. The second kappa shape index (κ2) is 5.16. The number of nitrogens with zero attached hydrogens (tertiary/aromatic N) is 1. The third-order valence-corrected chi connectivity index (χ3v) is 1.68. The maximum atomic E-state index is 11.4. The highest BCUT2D eigenvalue weighted by Crippen LogP contribution is 2.01. The van der Waals surface area contributed by atoms with Crippen molar-refractivity contribution in [1.29, 1.82) is 0 Å². The van der Waals surface area contributed by atoms with Crippen LogP contribution in [0.4, 0.5) is 0 Å². The van der Waals surface area contributed by atoms with Gasteiger partial charge in [-0.05, 0) is 13.3 Å². The van der Waals surface area contributed by atoms with E-state index in [1.54, 1.807) is 0 Å². The van der Waals surface area contributed by atoms with E-state index >= 15 is 0 Å². The van der Waals surface area contributed by atoms with E-state index in [0.717, 1.165) is 19.5 Å². The molecule has 0 radical (unpaired) electrons. The van der Waals surface area contributed by atoms with Gasteiger partial charge in [-0.25, -0.2) is 0 Å². The molecule has 0 atom stereocenters. The Morgan fingerprint density at radius 1 is 1.36 bits per heavy atom. The van der Waals surface area contributed by atoms with Gasteiger partial charge in [0.15, 0.2) is 0 Å². The van der Waals surface area contributed by atoms with Gasteiger partial charge in [0.25, 0.3) is 0 Å². The molecule has 0 saturated carbocycles. The van der Waals surface area contributed by atoms with Gasteiger partial charge in [0.2, 0.25) is 5.91 Å². The molecule has 2 nitrogen and oxygen atoms in total. The Bertz CT molecular complexity index is 121. The molecular formula is C9H19NO. The molecule has 0 aliphatic carbocycles. The zero-order valence-electron chi connectivity index (χ0n) is 8.05. The zero-order chi connectivity index (χ0) is 8.85. The van der Waals surface area contributed by atoms with Crippen LogP contribution in [0.1, 0.15) is 34.1 Å². The molecule has 66 valence electrons. The summed E-state index contributed by atoms with van der Waals surface area (Å²) >= 11 is 0. The molecule has 0 N–H and O–H groups in total. The molecule has 1 amide bonds. The van der Waals surface area contributed by atoms with Crippen molar-refractivity contribution >= 4 is 5.91 Å². The van der Waals surface area contributed by atoms with Crippen LogP contribution in [0, 0.1) is 5.92 Å². The average molecular weight is 157 g/mol. The minimum Gasteiger partial charge on any atom is -0.343 e. The van der Waals surface area contributed by atoms with Crippen molar-refractivity contribution in [2.75, 3.05) is 13.1 Å². The lowest BCUT2D eigenvalue weighted by atomic mass is 10.2. The molecular weight excluding hydrogens is 138 g/mol. The lowest BCUT2D eigenvalue weighted by Gasteiger charge is -2.21. The Labute approximate surface area is 69.6 Å². The average Bonchev–Trinajstić information content (AvgIpc) is 1.98. The third kappa shape index (κ3) is 3.40. The van der Waals surface area contributed by atoms with E-state index in [0.29, 0.717) is 0 Å². The van der Waals surface area contributed by atoms with Crippen molar-refractivity contribution in [3.05, 3.63) is 0 Å². The first-order chi connectivity index (χ1) is 5.13. The van der Waals surface area contributed by atoms with Gasteiger partial charge in [0.05, 0.1) is 0 Å². The number of hydrogen-bond donors (Lipinski definition) is 0. The first kappa shape index (κ1) is 10.5. The molecule has 0 spiro atoms. The Hall–Kier alpha value is -0.530. The number of carbonyl (C=O) groups excluding carboxylic acids is 1. The fraction of sp³-hybridized carbons (Fsp3) is 0.889. The van der Waals surface area contributed by atoms with Gasteiger partial charge in [-0.3, -0.25) is 4.79 Å². The van der Waals surface area contributed by atoms with Gasteiger partial charge in [0.1, 0.15) is 0 Å². The van der Waals surface area contributed by atoms with Crippen LogP contribution in [-0.4, -0.2) is 23.9 Å². The first-order valence-electron chi connectivity index (χ1n) is 4.42. The predicted octanol–water partition coefficient (Wildman–Crippen LogP) is 1.90. The third-order valence-electron chi connectivity index (χ3n) is 1.68. The van der Waals surface area contributed by atoms with Crippen LogP contribution in [0.2, 0.25) is 0 Å². The highest BCUT2D eigenvalue weighted by atomic mass is 16.2. The maximum Gasteiger partial charge on any atom is 0.225 e. The van der Waals surface area contributed by atoms with E-state index in [9.17, 15) is 4.79 Å². The number of amides is 1. The lowest BCUT2D eigenvalue weighted by Crippen LogP contribution is -2.34. The Morgan fingerprint density at radius 2 is 1.91 bits per heavy atom. The molecule has 0 rings (SSSR count). The first-order valence-corrected chi connectivity index (χ1v) is 4.42. The summed E-state index contributed by atoms with van der Waals surface area (Å²) in [5.74, 6) is 0.413. The van der Waals surface area contributed by atoms with Crippen molar-refractivity contribution < 1.29 is 4.79 Å². The highest BCUT2D eigenvalue weighted by molar-refractivity contribution is 5.78. The van der Waals surface area contributed by atoms with Crippen LogP contribution < -0.4 is 0 Å². The molecule has 0 unspecified atom stereocenters. The van der Waals surface area contributed by atoms with Crippen LogP contribution in [0.15, 0.2) is 0 Å². The van der Waals surface area contributed by atoms with Crippen molar-refractivity contribution in [2.45, 2.75) is 34.1 Å². The number of hydrogen-bond acceptors (Lipinski definition) is 1. The summed E-state index contributed by atoms with van der Waals surface area (Å²) in [5.41, 5.74) is 0. The Balaban J connectivity index is 3.92. The predicted molar refractivity (Wildman–Crippen MR) is 47.4 cm³/mol. The van der Waals surface area contributed by atoms with Gasteiger partial charge in [-0.1, -0.05) is 20.8 Å². The van der Waals surface area contributed by atoms with Crippen LogP contribution in [0.5, 0.6) is 0 Å². The van der Waals surface area contributed by atoms with E-state index < -0.39 is 0 Å². The SMILES string of the molecule is CCCN(CC)C(=O)C(C)C. The molecule has 0 aliphatic heterocycles. The minimum absolute atomic E-state index is 0.140. The summed E-state index contributed by atoms with van der Waals surface area (Å²) in [5, 5.41) is 0. The quantitative estimate of drug-likeness (QED) is 0.610. The maximum absolute atomic E-state index is 11.4. The summed E-state index contributed by atoms with van der Waals surface area (Å²) in [6.45, 7) is 9.74. The summed E-state index contributed by atoms with van der Waals surface area (Å²) in [6, 6.07) is 0. The van der Waals surface area contributed by atoms with E-state index in [1.807, 2.05) is 25.7 Å². The summed E-state index contributed by atoms with van der Waals surface area (Å²) < 4.78 is 0.